The molecule has 98 valence electrons. The highest BCUT2D eigenvalue weighted by Crippen LogP contribution is 2.45. The number of ether oxygens (including phenoxy) is 1. The molecule has 0 saturated heterocycles. The number of hydrogen-bond donors (Lipinski definition) is 1. The minimum atomic E-state index is -1.60. The van der Waals surface area contributed by atoms with E-state index < -0.39 is 23.4 Å². The van der Waals surface area contributed by atoms with Crippen LogP contribution in [0.25, 0.3) is 10.4 Å². The Morgan fingerprint density at radius 2 is 2.00 bits per heavy atom. The fourth-order valence-electron chi connectivity index (χ4n) is 1.91. The van der Waals surface area contributed by atoms with Gasteiger partial charge in [0.05, 0.1) is 5.56 Å². The third-order valence-corrected chi connectivity index (χ3v) is 3.94. The Bertz CT molecular complexity index is 709. The highest BCUT2D eigenvalue weighted by atomic mass is 32.1. The number of aromatic carboxylic acids is 1. The second kappa shape index (κ2) is 3.99. The Morgan fingerprint density at radius 1 is 1.26 bits per heavy atom. The van der Waals surface area contributed by atoms with Gasteiger partial charge in [0.1, 0.15) is 17.2 Å². The van der Waals surface area contributed by atoms with E-state index in [1.165, 1.54) is 6.07 Å². The molecule has 2 aromatic rings. The Balaban J connectivity index is 2.28. The van der Waals surface area contributed by atoms with Crippen LogP contribution in [0.3, 0.4) is 0 Å². The highest BCUT2D eigenvalue weighted by Gasteiger charge is 2.29. The van der Waals surface area contributed by atoms with Crippen LogP contribution < -0.4 is 4.74 Å². The molecule has 1 aliphatic heterocycles. The van der Waals surface area contributed by atoms with Crippen molar-refractivity contribution in [3.8, 4) is 16.2 Å². The van der Waals surface area contributed by atoms with Crippen LogP contribution in [0.4, 0.5) is 13.2 Å². The van der Waals surface area contributed by atoms with Crippen LogP contribution in [0.1, 0.15) is 15.2 Å². The first kappa shape index (κ1) is 12.0. The van der Waals surface area contributed by atoms with Crippen molar-refractivity contribution >= 4 is 17.3 Å². The number of thiophene rings is 1. The summed E-state index contributed by atoms with van der Waals surface area (Å²) in [5.41, 5.74) is 0.220. The molecule has 7 heteroatoms. The summed E-state index contributed by atoms with van der Waals surface area (Å²) in [4.78, 5) is 11.1. The third kappa shape index (κ3) is 1.69. The number of rotatable bonds is 1. The van der Waals surface area contributed by atoms with Crippen molar-refractivity contribution in [3.05, 3.63) is 40.0 Å². The average Bonchev–Trinajstić information content (AvgIpc) is 2.79. The lowest BCUT2D eigenvalue weighted by atomic mass is 10.1. The van der Waals surface area contributed by atoms with Gasteiger partial charge >= 0.3 is 5.97 Å². The summed E-state index contributed by atoms with van der Waals surface area (Å²) in [6.07, 6.45) is 0. The Morgan fingerprint density at radius 3 is 2.68 bits per heavy atom. The second-order valence-electron chi connectivity index (χ2n) is 3.92. The van der Waals surface area contributed by atoms with Crippen molar-refractivity contribution in [2.45, 2.75) is 6.61 Å². The number of carboxylic acid groups (broad SMARTS) is 1. The molecule has 1 aromatic carbocycles. The average molecular weight is 286 g/mol. The van der Waals surface area contributed by atoms with E-state index in [1.54, 1.807) is 0 Å². The summed E-state index contributed by atoms with van der Waals surface area (Å²) in [7, 11) is 0. The Hall–Kier alpha value is -2.02. The van der Waals surface area contributed by atoms with Crippen LogP contribution in [-0.4, -0.2) is 11.1 Å². The number of fused-ring (bicyclic) bond motifs is 3. The largest absolute Gasteiger partial charge is 0.488 e. The molecule has 3 nitrogen and oxygen atoms in total. The summed E-state index contributed by atoms with van der Waals surface area (Å²) in [5, 5.41) is 8.89. The topological polar surface area (TPSA) is 46.5 Å². The van der Waals surface area contributed by atoms with Crippen LogP contribution in [0.2, 0.25) is 0 Å². The standard InChI is InChI=1S/C12H5F3O3S/c13-5-2-6-8(10(15)9(5)14)11-4(3-18-6)1-7(19-11)12(16)17/h1-2H,3H2,(H,16,17). The van der Waals surface area contributed by atoms with E-state index in [9.17, 15) is 18.0 Å². The van der Waals surface area contributed by atoms with Crippen molar-refractivity contribution in [1.29, 1.82) is 0 Å². The van der Waals surface area contributed by atoms with Gasteiger partial charge in [-0.15, -0.1) is 11.3 Å². The van der Waals surface area contributed by atoms with E-state index in [0.29, 0.717) is 5.56 Å². The maximum Gasteiger partial charge on any atom is 0.345 e. The fraction of sp³-hybridized carbons (Fsp3) is 0.0833. The van der Waals surface area contributed by atoms with Gasteiger partial charge in [0, 0.05) is 16.5 Å². The molecule has 0 amide bonds. The van der Waals surface area contributed by atoms with E-state index >= 15 is 0 Å². The van der Waals surface area contributed by atoms with Gasteiger partial charge in [-0.25, -0.2) is 18.0 Å². The van der Waals surface area contributed by atoms with Crippen LogP contribution >= 0.6 is 11.3 Å². The van der Waals surface area contributed by atoms with Crippen LogP contribution in [-0.2, 0) is 6.61 Å². The van der Waals surface area contributed by atoms with Gasteiger partial charge in [-0.05, 0) is 6.07 Å². The normalized spacial score (nSPS) is 12.6. The number of hydrogen-bond acceptors (Lipinski definition) is 3. The summed E-state index contributed by atoms with van der Waals surface area (Å²) in [5.74, 6) is -5.59. The molecule has 0 aliphatic carbocycles. The maximum absolute atomic E-state index is 13.8. The van der Waals surface area contributed by atoms with Crippen LogP contribution in [0.5, 0.6) is 5.75 Å². The molecule has 0 spiro atoms. The first-order valence-electron chi connectivity index (χ1n) is 5.15. The van der Waals surface area contributed by atoms with Crippen molar-refractivity contribution in [2.24, 2.45) is 0 Å². The molecule has 0 fully saturated rings. The Labute approximate surface area is 108 Å². The zero-order valence-electron chi connectivity index (χ0n) is 9.17. The van der Waals surface area contributed by atoms with E-state index in [2.05, 4.69) is 0 Å². The van der Waals surface area contributed by atoms with Gasteiger partial charge in [0.25, 0.3) is 0 Å². The molecular formula is C12H5F3O3S. The lowest BCUT2D eigenvalue weighted by molar-refractivity contribution is 0.0702. The molecule has 1 aromatic heterocycles. The minimum Gasteiger partial charge on any atom is -0.488 e. The molecule has 3 rings (SSSR count). The second-order valence-corrected chi connectivity index (χ2v) is 4.97. The van der Waals surface area contributed by atoms with Gasteiger partial charge in [0.15, 0.2) is 17.5 Å². The molecule has 0 unspecified atom stereocenters. The minimum absolute atomic E-state index is 0.00335. The SMILES string of the molecule is O=C(O)c1cc2c(s1)-c1c(cc(F)c(F)c1F)OC2. The zero-order chi connectivity index (χ0) is 13.7. The molecule has 0 atom stereocenters. The van der Waals surface area contributed by atoms with Gasteiger partial charge < -0.3 is 9.84 Å². The first-order valence-corrected chi connectivity index (χ1v) is 5.97. The van der Waals surface area contributed by atoms with E-state index in [4.69, 9.17) is 9.84 Å². The molecule has 0 radical (unpaired) electrons. The van der Waals surface area contributed by atoms with Gasteiger partial charge in [-0.3, -0.25) is 0 Å². The first-order chi connectivity index (χ1) is 8.99. The number of halogens is 3. The quantitative estimate of drug-likeness (QED) is 0.817. The predicted octanol–water partition coefficient (Wildman–Crippen LogP) is 3.42. The number of benzene rings is 1. The number of carboxylic acids is 1. The zero-order valence-corrected chi connectivity index (χ0v) is 9.98. The molecule has 1 N–H and O–H groups in total. The van der Waals surface area contributed by atoms with Gasteiger partial charge in [-0.1, -0.05) is 0 Å². The highest BCUT2D eigenvalue weighted by molar-refractivity contribution is 7.17. The maximum atomic E-state index is 13.8. The lowest BCUT2D eigenvalue weighted by Gasteiger charge is -2.18. The summed E-state index contributed by atoms with van der Waals surface area (Å²) < 4.78 is 45.3. The van der Waals surface area contributed by atoms with E-state index in [0.717, 1.165) is 17.4 Å². The van der Waals surface area contributed by atoms with Crippen molar-refractivity contribution in [1.82, 2.24) is 0 Å². The van der Waals surface area contributed by atoms with Crippen molar-refractivity contribution < 1.29 is 27.8 Å². The molecule has 2 heterocycles. The monoisotopic (exact) mass is 286 g/mol. The van der Waals surface area contributed by atoms with Crippen molar-refractivity contribution in [2.75, 3.05) is 0 Å². The molecule has 0 saturated carbocycles. The van der Waals surface area contributed by atoms with Gasteiger partial charge in [-0.2, -0.15) is 0 Å². The number of carbonyl (C=O) groups is 1. The van der Waals surface area contributed by atoms with Crippen molar-refractivity contribution in [3.63, 3.8) is 0 Å². The molecule has 0 bridgehead atoms. The predicted molar refractivity (Wildman–Crippen MR) is 60.9 cm³/mol. The Kier molecular flexibility index (Phi) is 2.53. The summed E-state index contributed by atoms with van der Waals surface area (Å²) in [6.45, 7) is -0.00335. The van der Waals surface area contributed by atoms with Crippen LogP contribution in [0.15, 0.2) is 12.1 Å². The summed E-state index contributed by atoms with van der Waals surface area (Å²) in [6, 6.07) is 2.10. The van der Waals surface area contributed by atoms with E-state index in [-0.39, 0.29) is 27.7 Å². The fourth-order valence-corrected chi connectivity index (χ4v) is 2.96. The van der Waals surface area contributed by atoms with Gasteiger partial charge in [0.2, 0.25) is 0 Å². The molecule has 19 heavy (non-hydrogen) atoms. The molecular weight excluding hydrogens is 281 g/mol. The third-order valence-electron chi connectivity index (χ3n) is 2.76. The van der Waals surface area contributed by atoms with Crippen LogP contribution in [0, 0.1) is 17.5 Å². The molecule has 1 aliphatic rings. The van der Waals surface area contributed by atoms with E-state index in [1.807, 2.05) is 0 Å². The smallest absolute Gasteiger partial charge is 0.345 e. The summed E-state index contributed by atoms with van der Waals surface area (Å²) >= 11 is 0.806. The lowest BCUT2D eigenvalue weighted by Crippen LogP contribution is -2.07.